The third-order valence-electron chi connectivity index (χ3n) is 4.79. The van der Waals surface area contributed by atoms with E-state index in [1.54, 1.807) is 26.2 Å². The zero-order valence-electron chi connectivity index (χ0n) is 17.5. The van der Waals surface area contributed by atoms with Gasteiger partial charge >= 0.3 is 0 Å². The number of carbonyl (C=O) groups excluding carboxylic acids is 1. The molecule has 0 radical (unpaired) electrons. The van der Waals surface area contributed by atoms with Crippen LogP contribution in [-0.2, 0) is 27.9 Å². The topological polar surface area (TPSA) is 84.5 Å². The Hall–Kier alpha value is -3.00. The lowest BCUT2D eigenvalue weighted by atomic mass is 10.1. The van der Waals surface area contributed by atoms with E-state index < -0.39 is 16.1 Å². The zero-order valence-corrected chi connectivity index (χ0v) is 18.4. The van der Waals surface area contributed by atoms with Crippen molar-refractivity contribution in [2.24, 2.45) is 0 Å². The van der Waals surface area contributed by atoms with Gasteiger partial charge in [0.05, 0.1) is 11.5 Å². The molecule has 0 spiro atoms. The Morgan fingerprint density at radius 3 is 2.39 bits per heavy atom. The van der Waals surface area contributed by atoms with Crippen molar-refractivity contribution in [2.45, 2.75) is 31.0 Å². The van der Waals surface area contributed by atoms with Crippen LogP contribution < -0.4 is 10.0 Å². The largest absolute Gasteiger partial charge is 0.380 e. The molecule has 1 atom stereocenters. The number of sulfonamides is 1. The van der Waals surface area contributed by atoms with Crippen LogP contribution in [0.1, 0.15) is 40.0 Å². The first-order chi connectivity index (χ1) is 14.9. The second kappa shape index (κ2) is 10.3. The number of amides is 1. The molecule has 3 rings (SSSR count). The predicted molar refractivity (Wildman–Crippen MR) is 120 cm³/mol. The minimum Gasteiger partial charge on any atom is -0.380 e. The fraction of sp³-hybridized carbons (Fsp3) is 0.208. The van der Waals surface area contributed by atoms with Gasteiger partial charge in [0.25, 0.3) is 5.91 Å². The first-order valence-electron chi connectivity index (χ1n) is 9.91. The fourth-order valence-electron chi connectivity index (χ4n) is 3.20. The molecule has 0 fully saturated rings. The van der Waals surface area contributed by atoms with Crippen LogP contribution in [0, 0.1) is 0 Å². The molecule has 0 aliphatic rings. The zero-order chi connectivity index (χ0) is 22.3. The molecule has 6 nitrogen and oxygen atoms in total. The molecule has 0 saturated heterocycles. The van der Waals surface area contributed by atoms with Crippen molar-refractivity contribution in [3.8, 4) is 0 Å². The molecule has 0 bridgehead atoms. The van der Waals surface area contributed by atoms with E-state index in [-0.39, 0.29) is 16.4 Å². The highest BCUT2D eigenvalue weighted by molar-refractivity contribution is 7.89. The summed E-state index contributed by atoms with van der Waals surface area (Å²) in [4.78, 5) is 12.6. The minimum absolute atomic E-state index is 0.0463. The van der Waals surface area contributed by atoms with Crippen molar-refractivity contribution in [2.75, 3.05) is 7.11 Å². The smallest absolute Gasteiger partial charge is 0.251 e. The lowest BCUT2D eigenvalue weighted by molar-refractivity contribution is 0.0950. The number of nitrogens with one attached hydrogen (secondary N) is 2. The van der Waals surface area contributed by atoms with Gasteiger partial charge in [0.1, 0.15) is 0 Å². The maximum Gasteiger partial charge on any atom is 0.251 e. The number of hydrogen-bond acceptors (Lipinski definition) is 4. The molecule has 0 aliphatic carbocycles. The number of methoxy groups -OCH3 is 1. The molecule has 0 heterocycles. The first kappa shape index (κ1) is 22.7. The van der Waals surface area contributed by atoms with Gasteiger partial charge in [-0.15, -0.1) is 0 Å². The Labute approximate surface area is 183 Å². The minimum atomic E-state index is -3.79. The SMILES string of the molecule is COCc1cccc(CNC(=O)c2cccc(S(=O)(=O)NC(C)c3ccccc3)c2)c1. The lowest BCUT2D eigenvalue weighted by Crippen LogP contribution is -2.27. The third-order valence-corrected chi connectivity index (χ3v) is 6.33. The molecular formula is C24H26N2O4S. The summed E-state index contributed by atoms with van der Waals surface area (Å²) in [5.74, 6) is -0.342. The van der Waals surface area contributed by atoms with Crippen LogP contribution in [0.3, 0.4) is 0 Å². The van der Waals surface area contributed by atoms with Crippen LogP contribution in [0.2, 0.25) is 0 Å². The Balaban J connectivity index is 1.68. The van der Waals surface area contributed by atoms with Gasteiger partial charge in [0.2, 0.25) is 10.0 Å². The van der Waals surface area contributed by atoms with E-state index in [0.29, 0.717) is 13.2 Å². The molecule has 2 N–H and O–H groups in total. The van der Waals surface area contributed by atoms with Crippen LogP contribution in [0.4, 0.5) is 0 Å². The average Bonchev–Trinajstić information content (AvgIpc) is 2.78. The number of benzene rings is 3. The van der Waals surface area contributed by atoms with Crippen molar-refractivity contribution in [1.29, 1.82) is 0 Å². The highest BCUT2D eigenvalue weighted by Gasteiger charge is 2.19. The molecule has 1 unspecified atom stereocenters. The highest BCUT2D eigenvalue weighted by Crippen LogP contribution is 2.18. The van der Waals surface area contributed by atoms with Crippen molar-refractivity contribution < 1.29 is 17.9 Å². The van der Waals surface area contributed by atoms with Gasteiger partial charge in [-0.2, -0.15) is 0 Å². The molecule has 0 aromatic heterocycles. The van der Waals surface area contributed by atoms with Gasteiger partial charge in [-0.25, -0.2) is 13.1 Å². The quantitative estimate of drug-likeness (QED) is 0.532. The van der Waals surface area contributed by atoms with Gasteiger partial charge in [-0.3, -0.25) is 4.79 Å². The summed E-state index contributed by atoms with van der Waals surface area (Å²) < 4.78 is 33.4. The van der Waals surface area contributed by atoms with E-state index in [1.165, 1.54) is 12.1 Å². The molecule has 0 saturated carbocycles. The first-order valence-corrected chi connectivity index (χ1v) is 11.4. The number of rotatable bonds is 9. The summed E-state index contributed by atoms with van der Waals surface area (Å²) in [6.07, 6.45) is 0. The summed E-state index contributed by atoms with van der Waals surface area (Å²) in [6, 6.07) is 22.7. The van der Waals surface area contributed by atoms with Crippen molar-refractivity contribution >= 4 is 15.9 Å². The highest BCUT2D eigenvalue weighted by atomic mass is 32.2. The Morgan fingerprint density at radius 2 is 1.65 bits per heavy atom. The van der Waals surface area contributed by atoms with Crippen LogP contribution in [0.25, 0.3) is 0 Å². The van der Waals surface area contributed by atoms with Crippen LogP contribution in [0.5, 0.6) is 0 Å². The van der Waals surface area contributed by atoms with E-state index in [1.807, 2.05) is 54.6 Å². The Morgan fingerprint density at radius 1 is 0.935 bits per heavy atom. The molecule has 7 heteroatoms. The van der Waals surface area contributed by atoms with Crippen LogP contribution >= 0.6 is 0 Å². The predicted octanol–water partition coefficient (Wildman–Crippen LogP) is 3.80. The normalized spacial score (nSPS) is 12.3. The van der Waals surface area contributed by atoms with Gasteiger partial charge in [0.15, 0.2) is 0 Å². The Kier molecular flexibility index (Phi) is 7.57. The summed E-state index contributed by atoms with van der Waals surface area (Å²) in [6.45, 7) is 2.61. The summed E-state index contributed by atoms with van der Waals surface area (Å²) >= 11 is 0. The van der Waals surface area contributed by atoms with E-state index in [0.717, 1.165) is 16.7 Å². The number of carbonyl (C=O) groups is 1. The van der Waals surface area contributed by atoms with E-state index in [9.17, 15) is 13.2 Å². The number of hydrogen-bond donors (Lipinski definition) is 2. The maximum atomic E-state index is 12.8. The molecule has 1 amide bonds. The summed E-state index contributed by atoms with van der Waals surface area (Å²) in [5.41, 5.74) is 3.09. The van der Waals surface area contributed by atoms with Crippen LogP contribution in [-0.4, -0.2) is 21.4 Å². The molecule has 3 aromatic rings. The average molecular weight is 439 g/mol. The lowest BCUT2D eigenvalue weighted by Gasteiger charge is -2.15. The maximum absolute atomic E-state index is 12.8. The van der Waals surface area contributed by atoms with Crippen molar-refractivity contribution in [1.82, 2.24) is 10.0 Å². The van der Waals surface area contributed by atoms with Gasteiger partial charge < -0.3 is 10.1 Å². The van der Waals surface area contributed by atoms with Gasteiger partial charge in [-0.1, -0.05) is 60.7 Å². The summed E-state index contributed by atoms with van der Waals surface area (Å²) in [5, 5.41) is 2.83. The fourth-order valence-corrected chi connectivity index (χ4v) is 4.47. The monoisotopic (exact) mass is 438 g/mol. The van der Waals surface area contributed by atoms with E-state index >= 15 is 0 Å². The van der Waals surface area contributed by atoms with E-state index in [2.05, 4.69) is 10.0 Å². The number of ether oxygens (including phenoxy) is 1. The molecular weight excluding hydrogens is 412 g/mol. The Bertz CT molecular complexity index is 1130. The molecule has 0 aliphatic heterocycles. The molecule has 31 heavy (non-hydrogen) atoms. The van der Waals surface area contributed by atoms with Crippen LogP contribution in [0.15, 0.2) is 83.8 Å². The van der Waals surface area contributed by atoms with Gasteiger partial charge in [-0.05, 0) is 41.8 Å². The molecule has 162 valence electrons. The van der Waals surface area contributed by atoms with Gasteiger partial charge in [0, 0.05) is 25.3 Å². The second-order valence-corrected chi connectivity index (χ2v) is 8.93. The standard InChI is InChI=1S/C24H26N2O4S/c1-18(21-10-4-3-5-11-21)26-31(28,29)23-13-7-12-22(15-23)24(27)25-16-19-8-6-9-20(14-19)17-30-2/h3-15,18,26H,16-17H2,1-2H3,(H,25,27). The van der Waals surface area contributed by atoms with Crippen molar-refractivity contribution in [3.63, 3.8) is 0 Å². The second-order valence-electron chi connectivity index (χ2n) is 7.22. The molecule has 3 aromatic carbocycles. The van der Waals surface area contributed by atoms with E-state index in [4.69, 9.17) is 4.74 Å². The third kappa shape index (κ3) is 6.24. The summed E-state index contributed by atoms with van der Waals surface area (Å²) in [7, 11) is -2.16. The van der Waals surface area contributed by atoms with Crippen molar-refractivity contribution in [3.05, 3.63) is 101 Å².